The average molecular weight is 339 g/mol. The van der Waals surface area contributed by atoms with E-state index in [-0.39, 0.29) is 5.12 Å². The smallest absolute Gasteiger partial charge is 0.408 e. The number of rotatable bonds is 5. The molecular weight excluding hydrogens is 318 g/mol. The molecule has 1 aromatic rings. The van der Waals surface area contributed by atoms with Crippen LogP contribution in [0.15, 0.2) is 30.3 Å². The van der Waals surface area contributed by atoms with Gasteiger partial charge in [-0.05, 0) is 20.8 Å². The van der Waals surface area contributed by atoms with Crippen molar-refractivity contribution in [1.82, 2.24) is 5.32 Å². The number of carboxylic acid groups (broad SMARTS) is 1. The third-order valence-corrected chi connectivity index (χ3v) is 3.80. The van der Waals surface area contributed by atoms with Gasteiger partial charge < -0.3 is 15.2 Å². The van der Waals surface area contributed by atoms with Gasteiger partial charge >= 0.3 is 12.1 Å². The Bertz CT molecular complexity index is 568. The van der Waals surface area contributed by atoms with Crippen LogP contribution in [0.25, 0.3) is 0 Å². The van der Waals surface area contributed by atoms with Crippen LogP contribution in [-0.2, 0) is 9.53 Å². The Labute approximate surface area is 139 Å². The number of benzene rings is 1. The minimum Gasteiger partial charge on any atom is -0.480 e. The molecule has 7 heteroatoms. The number of alkyl carbamates (subject to hydrolysis) is 1. The van der Waals surface area contributed by atoms with Crippen LogP contribution in [0.4, 0.5) is 4.79 Å². The standard InChI is InChI=1S/C16H21NO5S/c1-10(23-14(20)11-8-6-5-7-9-11)12(13(18)19)17-15(21)22-16(2,3)4/h5-10,12H,1-4H3,(H,17,21)(H,18,19)/t10-,12+/m1/s1. The summed E-state index contributed by atoms with van der Waals surface area (Å²) in [7, 11) is 0. The molecule has 0 spiro atoms. The Morgan fingerprint density at radius 1 is 1.17 bits per heavy atom. The Hall–Kier alpha value is -2.02. The first-order chi connectivity index (χ1) is 10.6. The molecule has 0 saturated carbocycles. The van der Waals surface area contributed by atoms with Crippen molar-refractivity contribution in [1.29, 1.82) is 0 Å². The number of amides is 1. The maximum absolute atomic E-state index is 12.1. The normalized spacial score (nSPS) is 13.7. The van der Waals surface area contributed by atoms with Crippen molar-refractivity contribution in [2.24, 2.45) is 0 Å². The first-order valence-corrected chi connectivity index (χ1v) is 7.96. The molecule has 2 atom stereocenters. The molecule has 0 aliphatic heterocycles. The number of nitrogens with one attached hydrogen (secondary N) is 1. The minimum atomic E-state index is -1.23. The first kappa shape index (κ1) is 19.0. The maximum atomic E-state index is 12.1. The second-order valence-electron chi connectivity index (χ2n) is 5.94. The number of ether oxygens (including phenoxy) is 1. The molecule has 0 aliphatic carbocycles. The third-order valence-electron chi connectivity index (χ3n) is 2.71. The summed E-state index contributed by atoms with van der Waals surface area (Å²) in [6, 6.07) is 7.31. The van der Waals surface area contributed by atoms with E-state index in [1.807, 2.05) is 0 Å². The quantitative estimate of drug-likeness (QED) is 0.857. The summed E-state index contributed by atoms with van der Waals surface area (Å²) in [5.74, 6) is -1.23. The molecule has 0 bridgehead atoms. The molecule has 1 rings (SSSR count). The van der Waals surface area contributed by atoms with Crippen LogP contribution in [0.1, 0.15) is 38.1 Å². The highest BCUT2D eigenvalue weighted by Gasteiger charge is 2.30. The van der Waals surface area contributed by atoms with Crippen LogP contribution in [-0.4, -0.2) is 39.2 Å². The zero-order chi connectivity index (χ0) is 17.6. The van der Waals surface area contributed by atoms with E-state index in [4.69, 9.17) is 4.74 Å². The molecule has 0 aromatic heterocycles. The van der Waals surface area contributed by atoms with Crippen LogP contribution < -0.4 is 5.32 Å². The fourth-order valence-electron chi connectivity index (χ4n) is 1.69. The lowest BCUT2D eigenvalue weighted by Gasteiger charge is -2.24. The lowest BCUT2D eigenvalue weighted by atomic mass is 10.2. The summed E-state index contributed by atoms with van der Waals surface area (Å²) in [5.41, 5.74) is -0.255. The molecule has 0 unspecified atom stereocenters. The third kappa shape index (κ3) is 6.73. The molecular formula is C16H21NO5S. The van der Waals surface area contributed by atoms with Gasteiger partial charge in [-0.3, -0.25) is 4.79 Å². The van der Waals surface area contributed by atoms with Crippen LogP contribution in [0.2, 0.25) is 0 Å². The number of hydrogen-bond acceptors (Lipinski definition) is 5. The summed E-state index contributed by atoms with van der Waals surface area (Å²) >= 11 is 0.859. The molecule has 0 aliphatic rings. The monoisotopic (exact) mass is 339 g/mol. The SMILES string of the molecule is C[C@@H](SC(=O)c1ccccc1)[C@H](NC(=O)OC(C)(C)C)C(=O)O. The number of hydrogen-bond donors (Lipinski definition) is 2. The second kappa shape index (κ2) is 8.01. The lowest BCUT2D eigenvalue weighted by molar-refractivity contribution is -0.139. The van der Waals surface area contributed by atoms with Crippen LogP contribution in [0.5, 0.6) is 0 Å². The molecule has 0 fully saturated rings. The summed E-state index contributed by atoms with van der Waals surface area (Å²) in [6.45, 7) is 6.61. The van der Waals surface area contributed by atoms with E-state index in [1.54, 1.807) is 58.0 Å². The molecule has 0 saturated heterocycles. The average Bonchev–Trinajstić information content (AvgIpc) is 2.43. The van der Waals surface area contributed by atoms with Gasteiger partial charge in [-0.2, -0.15) is 0 Å². The van der Waals surface area contributed by atoms with Gasteiger partial charge in [0.2, 0.25) is 5.12 Å². The van der Waals surface area contributed by atoms with Gasteiger partial charge in [0.1, 0.15) is 11.6 Å². The second-order valence-corrected chi connectivity index (χ2v) is 7.29. The van der Waals surface area contributed by atoms with Crippen molar-refractivity contribution < 1.29 is 24.2 Å². The van der Waals surface area contributed by atoms with Crippen LogP contribution >= 0.6 is 11.8 Å². The van der Waals surface area contributed by atoms with Crippen molar-refractivity contribution in [3.05, 3.63) is 35.9 Å². The number of carbonyl (C=O) groups excluding carboxylic acids is 2. The molecule has 126 valence electrons. The molecule has 1 amide bonds. The van der Waals surface area contributed by atoms with Crippen LogP contribution in [0.3, 0.4) is 0 Å². The number of aliphatic carboxylic acids is 1. The molecule has 23 heavy (non-hydrogen) atoms. The van der Waals surface area contributed by atoms with Crippen molar-refractivity contribution in [3.63, 3.8) is 0 Å². The predicted molar refractivity (Wildman–Crippen MR) is 88.6 cm³/mol. The van der Waals surface area contributed by atoms with Crippen molar-refractivity contribution >= 4 is 28.9 Å². The van der Waals surface area contributed by atoms with Crippen molar-refractivity contribution in [3.8, 4) is 0 Å². The topological polar surface area (TPSA) is 92.7 Å². The van der Waals surface area contributed by atoms with Gasteiger partial charge in [0.05, 0.1) is 0 Å². The summed E-state index contributed by atoms with van der Waals surface area (Å²) in [6.07, 6.45) is -0.829. The Morgan fingerprint density at radius 2 is 1.74 bits per heavy atom. The first-order valence-electron chi connectivity index (χ1n) is 7.08. The van der Waals surface area contributed by atoms with Gasteiger partial charge in [0, 0.05) is 10.8 Å². The fourth-order valence-corrected chi connectivity index (χ4v) is 2.62. The van der Waals surface area contributed by atoms with E-state index in [9.17, 15) is 19.5 Å². The van der Waals surface area contributed by atoms with Crippen molar-refractivity contribution in [2.75, 3.05) is 0 Å². The highest BCUT2D eigenvalue weighted by molar-refractivity contribution is 8.14. The van der Waals surface area contributed by atoms with Gasteiger partial charge in [-0.25, -0.2) is 9.59 Å². The largest absolute Gasteiger partial charge is 0.480 e. The number of carbonyl (C=O) groups is 3. The minimum absolute atomic E-state index is 0.254. The Balaban J connectivity index is 2.72. The summed E-state index contributed by atoms with van der Waals surface area (Å²) in [5, 5.41) is 10.7. The fraction of sp³-hybridized carbons (Fsp3) is 0.438. The predicted octanol–water partition coefficient (Wildman–Crippen LogP) is 2.93. The van der Waals surface area contributed by atoms with E-state index < -0.39 is 29.0 Å². The van der Waals surface area contributed by atoms with E-state index >= 15 is 0 Å². The lowest BCUT2D eigenvalue weighted by Crippen LogP contribution is -2.48. The van der Waals surface area contributed by atoms with Gasteiger partial charge in [0.25, 0.3) is 0 Å². The number of thioether (sulfide) groups is 1. The molecule has 6 nitrogen and oxygen atoms in total. The molecule has 0 heterocycles. The highest BCUT2D eigenvalue weighted by Crippen LogP contribution is 2.21. The van der Waals surface area contributed by atoms with E-state index in [1.165, 1.54) is 0 Å². The van der Waals surface area contributed by atoms with Gasteiger partial charge in [-0.1, -0.05) is 49.0 Å². The van der Waals surface area contributed by atoms with Gasteiger partial charge in [0.15, 0.2) is 0 Å². The van der Waals surface area contributed by atoms with Crippen LogP contribution in [0, 0.1) is 0 Å². The Morgan fingerprint density at radius 3 is 2.22 bits per heavy atom. The van der Waals surface area contributed by atoms with Gasteiger partial charge in [-0.15, -0.1) is 0 Å². The van der Waals surface area contributed by atoms with E-state index in [2.05, 4.69) is 5.32 Å². The zero-order valence-corrected chi connectivity index (χ0v) is 14.3. The number of carboxylic acids is 1. The molecule has 1 aromatic carbocycles. The molecule has 0 radical (unpaired) electrons. The van der Waals surface area contributed by atoms with Crippen molar-refractivity contribution in [2.45, 2.75) is 44.6 Å². The summed E-state index contributed by atoms with van der Waals surface area (Å²) < 4.78 is 5.05. The van der Waals surface area contributed by atoms with E-state index in [0.29, 0.717) is 5.56 Å². The summed E-state index contributed by atoms with van der Waals surface area (Å²) in [4.78, 5) is 35.2. The van der Waals surface area contributed by atoms with E-state index in [0.717, 1.165) is 11.8 Å². The highest BCUT2D eigenvalue weighted by atomic mass is 32.2. The maximum Gasteiger partial charge on any atom is 0.408 e. The molecule has 2 N–H and O–H groups in total. The zero-order valence-electron chi connectivity index (χ0n) is 13.5. The Kier molecular flexibility index (Phi) is 6.62.